The third-order valence-corrected chi connectivity index (χ3v) is 8.68. The zero-order valence-electron chi connectivity index (χ0n) is 22.3. The second-order valence-corrected chi connectivity index (χ2v) is 12.9. The molecule has 0 radical (unpaired) electrons. The Morgan fingerprint density at radius 3 is 2.27 bits per heavy atom. The number of nitrogens with one attached hydrogen (secondary N) is 1. The highest BCUT2D eigenvalue weighted by Crippen LogP contribution is 2.23. The van der Waals surface area contributed by atoms with E-state index in [1.54, 1.807) is 0 Å². The van der Waals surface area contributed by atoms with Gasteiger partial charge in [-0.1, -0.05) is 77.3 Å². The summed E-state index contributed by atoms with van der Waals surface area (Å²) in [5, 5.41) is 3.13. The van der Waals surface area contributed by atoms with Gasteiger partial charge in [0.2, 0.25) is 21.8 Å². The van der Waals surface area contributed by atoms with Gasteiger partial charge in [0, 0.05) is 23.5 Å². The van der Waals surface area contributed by atoms with Gasteiger partial charge in [-0.25, -0.2) is 12.8 Å². The van der Waals surface area contributed by atoms with E-state index in [1.807, 2.05) is 54.6 Å². The van der Waals surface area contributed by atoms with Gasteiger partial charge in [-0.3, -0.25) is 13.9 Å². The van der Waals surface area contributed by atoms with Crippen LogP contribution >= 0.6 is 15.9 Å². The minimum Gasteiger partial charge on any atom is -0.352 e. The smallest absolute Gasteiger partial charge is 0.244 e. The van der Waals surface area contributed by atoms with Crippen molar-refractivity contribution in [1.29, 1.82) is 0 Å². The maximum atomic E-state index is 14.0. The summed E-state index contributed by atoms with van der Waals surface area (Å²) in [4.78, 5) is 29.3. The van der Waals surface area contributed by atoms with E-state index in [0.29, 0.717) is 0 Å². The number of carbonyl (C=O) groups excluding carboxylic acids is 2. The molecule has 1 saturated carbocycles. The number of rotatable bonds is 11. The van der Waals surface area contributed by atoms with Crippen LogP contribution in [0.15, 0.2) is 83.3 Å². The summed E-state index contributed by atoms with van der Waals surface area (Å²) in [5.74, 6) is -1.47. The van der Waals surface area contributed by atoms with Crippen molar-refractivity contribution in [3.63, 3.8) is 0 Å². The summed E-state index contributed by atoms with van der Waals surface area (Å²) in [5.41, 5.74) is 1.68. The van der Waals surface area contributed by atoms with Crippen molar-refractivity contribution in [2.75, 3.05) is 17.1 Å². The predicted octanol–water partition coefficient (Wildman–Crippen LogP) is 5.05. The van der Waals surface area contributed by atoms with Crippen molar-refractivity contribution in [1.82, 2.24) is 10.2 Å². The lowest BCUT2D eigenvalue weighted by molar-refractivity contribution is -0.140. The van der Waals surface area contributed by atoms with Crippen molar-refractivity contribution in [2.24, 2.45) is 0 Å². The van der Waals surface area contributed by atoms with Gasteiger partial charge in [0.25, 0.3) is 0 Å². The molecule has 0 spiro atoms. The van der Waals surface area contributed by atoms with Crippen LogP contribution in [0.3, 0.4) is 0 Å². The number of halogens is 2. The largest absolute Gasteiger partial charge is 0.352 e. The maximum Gasteiger partial charge on any atom is 0.244 e. The van der Waals surface area contributed by atoms with Crippen LogP contribution < -0.4 is 9.62 Å². The average molecular weight is 631 g/mol. The number of anilines is 1. The molecule has 3 aromatic carbocycles. The molecule has 1 N–H and O–H groups in total. The van der Waals surface area contributed by atoms with E-state index in [-0.39, 0.29) is 30.6 Å². The molecule has 1 aliphatic carbocycles. The van der Waals surface area contributed by atoms with Crippen LogP contribution in [0.4, 0.5) is 10.1 Å². The van der Waals surface area contributed by atoms with Crippen molar-refractivity contribution in [3.05, 3.63) is 100 Å². The molecule has 2 amide bonds. The Kier molecular flexibility index (Phi) is 9.97. The Bertz CT molecular complexity index is 1410. The van der Waals surface area contributed by atoms with Gasteiger partial charge in [-0.2, -0.15) is 0 Å². The van der Waals surface area contributed by atoms with Gasteiger partial charge in [0.05, 0.1) is 11.9 Å². The minimum absolute atomic E-state index is 0.0365. The predicted molar refractivity (Wildman–Crippen MR) is 158 cm³/mol. The second kappa shape index (κ2) is 13.4. The number of nitrogens with zero attached hydrogens (tertiary/aromatic N) is 2. The molecular weight excluding hydrogens is 597 g/mol. The summed E-state index contributed by atoms with van der Waals surface area (Å²) in [6.45, 7) is -0.497. The lowest BCUT2D eigenvalue weighted by Crippen LogP contribution is -2.54. The van der Waals surface area contributed by atoms with Gasteiger partial charge < -0.3 is 10.2 Å². The van der Waals surface area contributed by atoms with E-state index < -0.39 is 34.3 Å². The van der Waals surface area contributed by atoms with E-state index in [2.05, 4.69) is 21.2 Å². The van der Waals surface area contributed by atoms with Crippen LogP contribution in [0.2, 0.25) is 0 Å². The number of amides is 2. The fourth-order valence-corrected chi connectivity index (χ4v) is 6.06. The lowest BCUT2D eigenvalue weighted by atomic mass is 10.0. The zero-order valence-corrected chi connectivity index (χ0v) is 24.7. The molecule has 0 saturated heterocycles. The quantitative estimate of drug-likeness (QED) is 0.321. The number of hydrogen-bond acceptors (Lipinski definition) is 4. The third-order valence-electron chi connectivity index (χ3n) is 7.01. The topological polar surface area (TPSA) is 86.8 Å². The van der Waals surface area contributed by atoms with Crippen LogP contribution in [-0.4, -0.2) is 50.0 Å². The molecule has 0 aliphatic heterocycles. The van der Waals surface area contributed by atoms with E-state index in [9.17, 15) is 22.4 Å². The first-order valence-electron chi connectivity index (χ1n) is 13.2. The van der Waals surface area contributed by atoms with Gasteiger partial charge in [-0.05, 0) is 54.3 Å². The highest BCUT2D eigenvalue weighted by atomic mass is 79.9. The fourth-order valence-electron chi connectivity index (χ4n) is 4.95. The molecule has 3 aromatic rings. The molecule has 10 heteroatoms. The molecule has 1 aliphatic rings. The fraction of sp³-hybridized carbons (Fsp3) is 0.333. The molecule has 1 atom stereocenters. The Morgan fingerprint density at radius 1 is 0.975 bits per heavy atom. The average Bonchev–Trinajstić information content (AvgIpc) is 3.43. The third kappa shape index (κ3) is 8.14. The molecule has 7 nitrogen and oxygen atoms in total. The highest BCUT2D eigenvalue weighted by Gasteiger charge is 2.34. The van der Waals surface area contributed by atoms with Crippen LogP contribution in [0, 0.1) is 5.82 Å². The van der Waals surface area contributed by atoms with Crippen LogP contribution in [0.5, 0.6) is 0 Å². The molecule has 1 unspecified atom stereocenters. The van der Waals surface area contributed by atoms with Gasteiger partial charge in [0.15, 0.2) is 0 Å². The van der Waals surface area contributed by atoms with Crippen molar-refractivity contribution >= 4 is 43.5 Å². The lowest BCUT2D eigenvalue weighted by Gasteiger charge is -2.34. The Hall–Kier alpha value is -3.24. The first-order chi connectivity index (χ1) is 19.1. The molecular formula is C30H33BrFN3O4S. The molecule has 40 heavy (non-hydrogen) atoms. The minimum atomic E-state index is -3.95. The summed E-state index contributed by atoms with van der Waals surface area (Å²) >= 11 is 3.42. The van der Waals surface area contributed by atoms with Crippen molar-refractivity contribution < 1.29 is 22.4 Å². The van der Waals surface area contributed by atoms with E-state index in [4.69, 9.17) is 0 Å². The maximum absolute atomic E-state index is 14.0. The second-order valence-electron chi connectivity index (χ2n) is 10.1. The highest BCUT2D eigenvalue weighted by molar-refractivity contribution is 9.10. The van der Waals surface area contributed by atoms with Gasteiger partial charge in [0.1, 0.15) is 18.4 Å². The summed E-state index contributed by atoms with van der Waals surface area (Å²) in [7, 11) is -3.95. The van der Waals surface area contributed by atoms with Crippen LogP contribution in [0.25, 0.3) is 0 Å². The van der Waals surface area contributed by atoms with E-state index in [1.165, 1.54) is 23.1 Å². The first-order valence-corrected chi connectivity index (χ1v) is 15.9. The standard InChI is InChI=1S/C30H33BrFN3O4S/c1-40(38,39)35(27-13-7-10-25(32)19-27)21-29(36)34(20-23-14-16-24(31)17-15-23)28(18-22-8-3-2-4-9-22)30(37)33-26-11-5-6-12-26/h2-4,7-10,13-17,19,26,28H,5-6,11-12,18,20-21H2,1H3,(H,33,37). The van der Waals surface area contributed by atoms with Crippen molar-refractivity contribution in [3.8, 4) is 0 Å². The van der Waals surface area contributed by atoms with Crippen LogP contribution in [-0.2, 0) is 32.6 Å². The van der Waals surface area contributed by atoms with Gasteiger partial charge in [-0.15, -0.1) is 0 Å². The number of benzene rings is 3. The summed E-state index contributed by atoms with van der Waals surface area (Å²) in [6.07, 6.45) is 5.05. The van der Waals surface area contributed by atoms with E-state index in [0.717, 1.165) is 57.9 Å². The molecule has 0 heterocycles. The molecule has 4 rings (SSSR count). The first kappa shape index (κ1) is 29.7. The summed E-state index contributed by atoms with van der Waals surface area (Å²) < 4.78 is 41.3. The summed E-state index contributed by atoms with van der Waals surface area (Å²) in [6, 6.07) is 21.0. The monoisotopic (exact) mass is 629 g/mol. The van der Waals surface area contributed by atoms with Crippen LogP contribution in [0.1, 0.15) is 36.8 Å². The molecule has 0 bridgehead atoms. The number of hydrogen-bond donors (Lipinski definition) is 1. The Labute approximate surface area is 243 Å². The molecule has 0 aromatic heterocycles. The number of sulfonamides is 1. The number of carbonyl (C=O) groups is 2. The Balaban J connectivity index is 1.72. The molecule has 1 fully saturated rings. The zero-order chi connectivity index (χ0) is 28.7. The van der Waals surface area contributed by atoms with E-state index >= 15 is 0 Å². The molecule has 212 valence electrons. The normalized spacial score (nSPS) is 14.5. The van der Waals surface area contributed by atoms with Crippen molar-refractivity contribution in [2.45, 2.75) is 50.7 Å². The SMILES string of the molecule is CS(=O)(=O)N(CC(=O)N(Cc1ccc(Br)cc1)C(Cc1ccccc1)C(=O)NC1CCCC1)c1cccc(F)c1. The Morgan fingerprint density at radius 2 is 1.65 bits per heavy atom. The van der Waals surface area contributed by atoms with Gasteiger partial charge >= 0.3 is 0 Å².